The zero-order valence-electron chi connectivity index (χ0n) is 17.2. The third-order valence-electron chi connectivity index (χ3n) is 7.32. The first-order chi connectivity index (χ1) is 15.6. The van der Waals surface area contributed by atoms with Gasteiger partial charge in [-0.15, -0.1) is 0 Å². The molecule has 8 rings (SSSR count). The smallest absolute Gasteiger partial charge is 0.203 e. The van der Waals surface area contributed by atoms with Crippen molar-refractivity contribution in [3.05, 3.63) is 63.7 Å². The molecule has 154 valence electrons. The molecule has 2 bridgehead atoms. The largest absolute Gasteiger partial charge is 0.464 e. The number of nitrogens with zero attached hydrogens (tertiary/aromatic N) is 3. The first-order valence-electron chi connectivity index (χ1n) is 10.7. The van der Waals surface area contributed by atoms with Gasteiger partial charge >= 0.3 is 0 Å². The zero-order valence-corrected chi connectivity index (χ0v) is 17.2. The standard InChI is InChI=1S/C26H17N3O3/c1-26-7-2-8-28-18-6-3-13(12-30)25(31)22(18)21-17-11-27-10-16(17)20-15-5-4-14(32-26)9-19(15)29(26)24(20)23(21)28/h2-7,9-11,30H,8,12H2,1H3/b7-2-. The van der Waals surface area contributed by atoms with Gasteiger partial charge < -0.3 is 14.4 Å². The minimum Gasteiger partial charge on any atom is -0.464 e. The highest BCUT2D eigenvalue weighted by Crippen LogP contribution is 2.45. The van der Waals surface area contributed by atoms with Crippen LogP contribution in [0.25, 0.3) is 45.0 Å². The van der Waals surface area contributed by atoms with Crippen molar-refractivity contribution < 1.29 is 14.6 Å². The molecular weight excluding hydrogens is 402 g/mol. The molecule has 0 saturated heterocycles. The number of aliphatic imine (C=N–C) groups is 1. The molecule has 1 unspecified atom stereocenters. The number of ketones is 1. The van der Waals surface area contributed by atoms with E-state index < -0.39 is 5.72 Å². The Bertz CT molecular complexity index is 1840. The molecule has 1 atom stereocenters. The summed E-state index contributed by atoms with van der Waals surface area (Å²) in [5.74, 6) is 0.735. The number of rotatable bonds is 1. The van der Waals surface area contributed by atoms with Crippen molar-refractivity contribution in [1.29, 1.82) is 0 Å². The fraction of sp³-hybridized carbons (Fsp3) is 0.154. The number of allylic oxidation sites excluding steroid dienone is 2. The van der Waals surface area contributed by atoms with Crippen LogP contribution in [-0.4, -0.2) is 32.8 Å². The molecule has 0 radical (unpaired) electrons. The molecule has 1 N–H and O–H groups in total. The topological polar surface area (TPSA) is 68.8 Å². The van der Waals surface area contributed by atoms with Gasteiger partial charge in [-0.25, -0.2) is 0 Å². The third-order valence-corrected chi connectivity index (χ3v) is 7.32. The molecule has 6 heteroatoms. The van der Waals surface area contributed by atoms with E-state index in [0.717, 1.165) is 54.6 Å². The van der Waals surface area contributed by atoms with Crippen molar-refractivity contribution in [1.82, 2.24) is 9.13 Å². The van der Waals surface area contributed by atoms with E-state index in [4.69, 9.17) is 4.74 Å². The Morgan fingerprint density at radius 1 is 1.22 bits per heavy atom. The number of hydrogen-bond donors (Lipinski definition) is 1. The van der Waals surface area contributed by atoms with Crippen molar-refractivity contribution in [3.8, 4) is 5.75 Å². The van der Waals surface area contributed by atoms with E-state index in [2.05, 4.69) is 45.3 Å². The summed E-state index contributed by atoms with van der Waals surface area (Å²) >= 11 is 0. The van der Waals surface area contributed by atoms with Gasteiger partial charge in [0.05, 0.1) is 34.1 Å². The summed E-state index contributed by atoms with van der Waals surface area (Å²) in [6.07, 6.45) is 11.7. The van der Waals surface area contributed by atoms with Crippen LogP contribution < -0.4 is 15.3 Å². The van der Waals surface area contributed by atoms with Gasteiger partial charge in [-0.1, -0.05) is 12.2 Å². The minimum absolute atomic E-state index is 0.116. The Balaban J connectivity index is 1.76. The summed E-state index contributed by atoms with van der Waals surface area (Å²) in [6.45, 7) is 2.43. The van der Waals surface area contributed by atoms with Crippen molar-refractivity contribution in [2.75, 3.05) is 6.61 Å². The molecule has 4 aromatic rings. The van der Waals surface area contributed by atoms with Crippen LogP contribution in [0.1, 0.15) is 22.8 Å². The highest BCUT2D eigenvalue weighted by Gasteiger charge is 2.38. The number of aromatic nitrogens is 2. The highest BCUT2D eigenvalue weighted by atomic mass is 16.5. The summed E-state index contributed by atoms with van der Waals surface area (Å²) < 4.78 is 10.9. The number of fused-ring (bicyclic) bond motifs is 8. The van der Waals surface area contributed by atoms with E-state index in [9.17, 15) is 9.90 Å². The minimum atomic E-state index is -0.667. The molecule has 3 aliphatic heterocycles. The summed E-state index contributed by atoms with van der Waals surface area (Å²) in [5.41, 5.74) is 4.61. The number of benzene rings is 2. The van der Waals surface area contributed by atoms with Crippen molar-refractivity contribution in [3.63, 3.8) is 0 Å². The van der Waals surface area contributed by atoms with Crippen molar-refractivity contribution >= 4 is 57.0 Å². The fourth-order valence-corrected chi connectivity index (χ4v) is 6.06. The molecule has 0 amide bonds. The maximum Gasteiger partial charge on any atom is 0.203 e. The van der Waals surface area contributed by atoms with Gasteiger partial charge in [0, 0.05) is 57.5 Å². The van der Waals surface area contributed by atoms with Gasteiger partial charge in [0.2, 0.25) is 5.72 Å². The molecule has 0 fully saturated rings. The van der Waals surface area contributed by atoms with E-state index in [1.807, 2.05) is 24.6 Å². The maximum absolute atomic E-state index is 13.5. The Morgan fingerprint density at radius 3 is 3.00 bits per heavy atom. The van der Waals surface area contributed by atoms with E-state index in [-0.39, 0.29) is 12.4 Å². The number of carbonyl (C=O) groups is 1. The SMILES string of the molecule is CC12/C=C\Cn3c4c(c5c6c(c7c8ccc(cc8n1c7c53)O2)C=NC=6)C(=O)C(CO)=CC=4. The Morgan fingerprint density at radius 2 is 2.12 bits per heavy atom. The van der Waals surface area contributed by atoms with Gasteiger partial charge in [0.25, 0.3) is 0 Å². The molecule has 1 aliphatic carbocycles. The van der Waals surface area contributed by atoms with Gasteiger partial charge in [-0.3, -0.25) is 14.4 Å². The second kappa shape index (κ2) is 5.11. The quantitative estimate of drug-likeness (QED) is 0.482. The summed E-state index contributed by atoms with van der Waals surface area (Å²) in [7, 11) is 0. The highest BCUT2D eigenvalue weighted by molar-refractivity contribution is 6.28. The van der Waals surface area contributed by atoms with Gasteiger partial charge in [0.15, 0.2) is 5.78 Å². The van der Waals surface area contributed by atoms with Crippen LogP contribution in [0.2, 0.25) is 0 Å². The van der Waals surface area contributed by atoms with Crippen LogP contribution in [0.15, 0.2) is 47.0 Å². The predicted octanol–water partition coefficient (Wildman–Crippen LogP) is 2.45. The Hall–Kier alpha value is -3.90. The van der Waals surface area contributed by atoms with Gasteiger partial charge in [-0.2, -0.15) is 0 Å². The lowest BCUT2D eigenvalue weighted by molar-refractivity contribution is 0.0663. The second-order valence-corrected chi connectivity index (χ2v) is 8.97. The average molecular weight is 419 g/mol. The van der Waals surface area contributed by atoms with Gasteiger partial charge in [-0.05, 0) is 31.2 Å². The molecule has 4 aliphatic rings. The first kappa shape index (κ1) is 16.8. The number of aliphatic hydroxyl groups excluding tert-OH is 1. The molecule has 0 spiro atoms. The average Bonchev–Trinajstić information content (AvgIpc) is 3.45. The maximum atomic E-state index is 13.5. The van der Waals surface area contributed by atoms with E-state index in [1.165, 1.54) is 0 Å². The number of carbonyl (C=O) groups excluding carboxylic acids is 1. The molecule has 6 nitrogen and oxygen atoms in total. The third kappa shape index (κ3) is 1.64. The van der Waals surface area contributed by atoms with Crippen LogP contribution in [0.3, 0.4) is 0 Å². The second-order valence-electron chi connectivity index (χ2n) is 8.97. The number of hydrogen-bond acceptors (Lipinski definition) is 4. The summed E-state index contributed by atoms with van der Waals surface area (Å²) in [4.78, 5) is 18.0. The molecule has 32 heavy (non-hydrogen) atoms. The lowest BCUT2D eigenvalue weighted by Gasteiger charge is -2.35. The molecular formula is C26H17N3O3. The first-order valence-corrected chi connectivity index (χ1v) is 10.7. The monoisotopic (exact) mass is 419 g/mol. The Kier molecular flexibility index (Phi) is 2.68. The summed E-state index contributed by atoms with van der Waals surface area (Å²) in [5, 5.41) is 14.8. The van der Waals surface area contributed by atoms with Crippen molar-refractivity contribution in [2.45, 2.75) is 19.2 Å². The van der Waals surface area contributed by atoms with Crippen molar-refractivity contribution in [2.24, 2.45) is 4.99 Å². The predicted molar refractivity (Wildman–Crippen MR) is 124 cm³/mol. The molecule has 2 aromatic carbocycles. The molecule has 2 aromatic heterocycles. The number of ether oxygens (including phenoxy) is 1. The Labute approximate surface area is 181 Å². The summed E-state index contributed by atoms with van der Waals surface area (Å²) in [6, 6.07) is 6.25. The lowest BCUT2D eigenvalue weighted by atomic mass is 9.94. The van der Waals surface area contributed by atoms with Crippen LogP contribution in [-0.2, 0) is 12.3 Å². The van der Waals surface area contributed by atoms with Crippen LogP contribution >= 0.6 is 0 Å². The normalized spacial score (nSPS) is 22.7. The van der Waals surface area contributed by atoms with Crippen LogP contribution in [0.5, 0.6) is 5.75 Å². The van der Waals surface area contributed by atoms with Crippen LogP contribution in [0.4, 0.5) is 0 Å². The molecule has 0 saturated carbocycles. The van der Waals surface area contributed by atoms with E-state index >= 15 is 0 Å². The van der Waals surface area contributed by atoms with E-state index in [0.29, 0.717) is 17.7 Å². The zero-order chi connectivity index (χ0) is 21.4. The van der Waals surface area contributed by atoms with Gasteiger partial charge in [0.1, 0.15) is 5.75 Å². The lowest BCUT2D eigenvalue weighted by Crippen LogP contribution is -2.37. The number of Topliss-reactive ketones (excluding diaryl/α,β-unsaturated/α-hetero) is 1. The van der Waals surface area contributed by atoms with E-state index in [1.54, 1.807) is 6.08 Å². The molecule has 5 heterocycles. The van der Waals surface area contributed by atoms with Crippen LogP contribution in [0, 0.1) is 0 Å². The fourth-order valence-electron chi connectivity index (χ4n) is 6.06. The number of aliphatic hydroxyl groups is 1.